The second kappa shape index (κ2) is 4.54. The summed E-state index contributed by atoms with van der Waals surface area (Å²) in [5.41, 5.74) is 6.10. The third-order valence-corrected chi connectivity index (χ3v) is 1.68. The maximum atomic E-state index is 10.4. The van der Waals surface area contributed by atoms with Gasteiger partial charge in [-0.15, -0.1) is 0 Å². The van der Waals surface area contributed by atoms with E-state index in [2.05, 4.69) is 10.2 Å². The van der Waals surface area contributed by atoms with Crippen LogP contribution in [0.3, 0.4) is 0 Å². The van der Waals surface area contributed by atoms with Gasteiger partial charge < -0.3 is 5.73 Å². The maximum Gasteiger partial charge on any atom is 0.217 e. The Bertz CT molecular complexity index is 230. The molecule has 0 radical (unpaired) electrons. The lowest BCUT2D eigenvalue weighted by atomic mass is 10.1. The van der Waals surface area contributed by atoms with Crippen molar-refractivity contribution in [3.63, 3.8) is 0 Å². The summed E-state index contributed by atoms with van der Waals surface area (Å²) in [5.74, 6) is -0.223. The average Bonchev–Trinajstić information content (AvgIpc) is 2.49. The number of carbonyl (C=O) groups is 1. The predicted octanol–water partition coefficient (Wildman–Crippen LogP) is 0.608. The number of H-pyrrole nitrogens is 1. The van der Waals surface area contributed by atoms with Gasteiger partial charge in [-0.25, -0.2) is 0 Å². The van der Waals surface area contributed by atoms with Crippen LogP contribution in [0.2, 0.25) is 0 Å². The molecule has 4 heteroatoms. The van der Waals surface area contributed by atoms with Crippen LogP contribution in [0, 0.1) is 0 Å². The largest absolute Gasteiger partial charge is 0.370 e. The van der Waals surface area contributed by atoms with Crippen molar-refractivity contribution in [2.24, 2.45) is 5.73 Å². The zero-order chi connectivity index (χ0) is 8.81. The molecule has 3 N–H and O–H groups in total. The van der Waals surface area contributed by atoms with E-state index >= 15 is 0 Å². The summed E-state index contributed by atoms with van der Waals surface area (Å²) < 4.78 is 0. The first kappa shape index (κ1) is 8.77. The molecule has 0 saturated carbocycles. The number of nitrogens with two attached hydrogens (primary N) is 1. The lowest BCUT2D eigenvalue weighted by Gasteiger charge is -1.95. The van der Waals surface area contributed by atoms with E-state index in [1.54, 1.807) is 6.20 Å². The van der Waals surface area contributed by atoms with Crippen LogP contribution < -0.4 is 5.73 Å². The summed E-state index contributed by atoms with van der Waals surface area (Å²) in [5, 5.41) is 6.68. The first-order chi connectivity index (χ1) is 5.79. The van der Waals surface area contributed by atoms with Crippen molar-refractivity contribution in [1.29, 1.82) is 0 Å². The van der Waals surface area contributed by atoms with Gasteiger partial charge in [-0.1, -0.05) is 0 Å². The second-order valence-corrected chi connectivity index (χ2v) is 2.76. The van der Waals surface area contributed by atoms with E-state index in [1.165, 1.54) is 0 Å². The highest BCUT2D eigenvalue weighted by atomic mass is 16.1. The van der Waals surface area contributed by atoms with E-state index in [1.807, 2.05) is 6.07 Å². The summed E-state index contributed by atoms with van der Waals surface area (Å²) in [6, 6.07) is 1.93. The standard InChI is InChI=1S/C8H13N3O/c9-8(12)4-2-1-3-7-5-6-10-11-7/h5-6H,1-4H2,(H2,9,12)(H,10,11). The van der Waals surface area contributed by atoms with Gasteiger partial charge in [0.2, 0.25) is 5.91 Å². The maximum absolute atomic E-state index is 10.4. The van der Waals surface area contributed by atoms with Crippen molar-refractivity contribution in [1.82, 2.24) is 10.2 Å². The number of aromatic nitrogens is 2. The van der Waals surface area contributed by atoms with Gasteiger partial charge >= 0.3 is 0 Å². The fourth-order valence-electron chi connectivity index (χ4n) is 1.04. The molecule has 1 rings (SSSR count). The van der Waals surface area contributed by atoms with E-state index in [0.717, 1.165) is 25.0 Å². The van der Waals surface area contributed by atoms with Gasteiger partial charge in [0.15, 0.2) is 0 Å². The fourth-order valence-corrected chi connectivity index (χ4v) is 1.04. The quantitative estimate of drug-likeness (QED) is 0.630. The minimum atomic E-state index is -0.223. The number of unbranched alkanes of at least 4 members (excludes halogenated alkanes) is 1. The molecule has 0 bridgehead atoms. The van der Waals surface area contributed by atoms with Crippen molar-refractivity contribution >= 4 is 5.91 Å². The Morgan fingerprint density at radius 1 is 1.58 bits per heavy atom. The van der Waals surface area contributed by atoms with E-state index in [0.29, 0.717) is 6.42 Å². The molecule has 0 fully saturated rings. The molecule has 0 atom stereocenters. The Morgan fingerprint density at radius 2 is 2.42 bits per heavy atom. The summed E-state index contributed by atoms with van der Waals surface area (Å²) in [7, 11) is 0. The molecule has 0 aliphatic heterocycles. The van der Waals surface area contributed by atoms with E-state index in [4.69, 9.17) is 5.73 Å². The molecule has 0 spiro atoms. The lowest BCUT2D eigenvalue weighted by Crippen LogP contribution is -2.09. The topological polar surface area (TPSA) is 71.8 Å². The number of hydrogen-bond acceptors (Lipinski definition) is 2. The summed E-state index contributed by atoms with van der Waals surface area (Å²) >= 11 is 0. The van der Waals surface area contributed by atoms with Crippen molar-refractivity contribution in [3.05, 3.63) is 18.0 Å². The zero-order valence-corrected chi connectivity index (χ0v) is 6.92. The molecule has 0 aromatic carbocycles. The van der Waals surface area contributed by atoms with Crippen LogP contribution in [0.25, 0.3) is 0 Å². The van der Waals surface area contributed by atoms with E-state index < -0.39 is 0 Å². The monoisotopic (exact) mass is 167 g/mol. The van der Waals surface area contributed by atoms with Gasteiger partial charge in [-0.2, -0.15) is 5.10 Å². The molecule has 12 heavy (non-hydrogen) atoms. The van der Waals surface area contributed by atoms with Crippen LogP contribution in [-0.2, 0) is 11.2 Å². The molecule has 1 aromatic rings. The Hall–Kier alpha value is -1.32. The van der Waals surface area contributed by atoms with Gasteiger partial charge in [-0.05, 0) is 25.3 Å². The molecule has 1 amide bonds. The summed E-state index contributed by atoms with van der Waals surface area (Å²) in [6.45, 7) is 0. The fraction of sp³-hybridized carbons (Fsp3) is 0.500. The van der Waals surface area contributed by atoms with Crippen LogP contribution in [0.5, 0.6) is 0 Å². The number of primary amides is 1. The molecule has 1 aromatic heterocycles. The number of carbonyl (C=O) groups excluding carboxylic acids is 1. The van der Waals surface area contributed by atoms with Gasteiger partial charge in [0.1, 0.15) is 0 Å². The van der Waals surface area contributed by atoms with Gasteiger partial charge in [0.05, 0.1) is 0 Å². The van der Waals surface area contributed by atoms with Gasteiger partial charge in [0.25, 0.3) is 0 Å². The van der Waals surface area contributed by atoms with E-state index in [9.17, 15) is 4.79 Å². The number of nitrogens with zero attached hydrogens (tertiary/aromatic N) is 1. The van der Waals surface area contributed by atoms with Crippen molar-refractivity contribution in [2.45, 2.75) is 25.7 Å². The molecule has 0 saturated heterocycles. The van der Waals surface area contributed by atoms with Crippen molar-refractivity contribution < 1.29 is 4.79 Å². The Morgan fingerprint density at radius 3 is 3.00 bits per heavy atom. The molecule has 0 unspecified atom stereocenters. The highest BCUT2D eigenvalue weighted by Crippen LogP contribution is 2.02. The second-order valence-electron chi connectivity index (χ2n) is 2.76. The molecule has 0 aliphatic rings. The molecular weight excluding hydrogens is 154 g/mol. The molecule has 66 valence electrons. The molecule has 0 aliphatic carbocycles. The molecule has 4 nitrogen and oxygen atoms in total. The van der Waals surface area contributed by atoms with Crippen LogP contribution in [-0.4, -0.2) is 16.1 Å². The lowest BCUT2D eigenvalue weighted by molar-refractivity contribution is -0.118. The number of aryl methyl sites for hydroxylation is 1. The molecular formula is C8H13N3O. The summed E-state index contributed by atoms with van der Waals surface area (Å²) in [6.07, 6.45) is 4.98. The third kappa shape index (κ3) is 3.18. The predicted molar refractivity (Wildman–Crippen MR) is 45.3 cm³/mol. The number of amides is 1. The van der Waals surface area contributed by atoms with Crippen LogP contribution in [0.15, 0.2) is 12.3 Å². The van der Waals surface area contributed by atoms with Gasteiger partial charge in [-0.3, -0.25) is 9.89 Å². The summed E-state index contributed by atoms with van der Waals surface area (Å²) in [4.78, 5) is 10.4. The minimum absolute atomic E-state index is 0.223. The zero-order valence-electron chi connectivity index (χ0n) is 6.92. The Kier molecular flexibility index (Phi) is 3.32. The number of hydrogen-bond donors (Lipinski definition) is 2. The van der Waals surface area contributed by atoms with Gasteiger partial charge in [0, 0.05) is 18.3 Å². The van der Waals surface area contributed by atoms with Crippen molar-refractivity contribution in [3.8, 4) is 0 Å². The van der Waals surface area contributed by atoms with Crippen molar-refractivity contribution in [2.75, 3.05) is 0 Å². The molecule has 1 heterocycles. The van der Waals surface area contributed by atoms with Crippen LogP contribution in [0.4, 0.5) is 0 Å². The Labute approximate surface area is 71.2 Å². The number of rotatable bonds is 5. The first-order valence-corrected chi connectivity index (χ1v) is 4.05. The Balaban J connectivity index is 2.07. The van der Waals surface area contributed by atoms with Crippen LogP contribution >= 0.6 is 0 Å². The average molecular weight is 167 g/mol. The van der Waals surface area contributed by atoms with Crippen LogP contribution in [0.1, 0.15) is 25.0 Å². The number of aromatic amines is 1. The highest BCUT2D eigenvalue weighted by molar-refractivity contribution is 5.73. The minimum Gasteiger partial charge on any atom is -0.370 e. The van der Waals surface area contributed by atoms with E-state index in [-0.39, 0.29) is 5.91 Å². The first-order valence-electron chi connectivity index (χ1n) is 4.05. The number of nitrogens with one attached hydrogen (secondary N) is 1. The smallest absolute Gasteiger partial charge is 0.217 e. The third-order valence-electron chi connectivity index (χ3n) is 1.68. The highest BCUT2D eigenvalue weighted by Gasteiger charge is 1.96. The normalized spacial score (nSPS) is 10.0. The SMILES string of the molecule is NC(=O)CCCCc1ccn[nH]1.